The third-order valence-electron chi connectivity index (χ3n) is 0.994. The predicted octanol–water partition coefficient (Wildman–Crippen LogP) is 1.05. The Hall–Kier alpha value is 1.62. The predicted molar refractivity (Wildman–Crippen MR) is 41.7 cm³/mol. The van der Waals surface area contributed by atoms with Gasteiger partial charge in [0.25, 0.3) is 0 Å². The Morgan fingerprint density at radius 1 is 1.46 bits per heavy atom. The maximum absolute atomic E-state index is 8.41. The fraction of sp³-hybridized carbons (Fsp3) is 0.571. The minimum Gasteiger partial charge on any atom is -0.484 e. The average molecular weight is 615 g/mol. The molecule has 13 heavy (non-hydrogen) atoms. The van der Waals surface area contributed by atoms with Crippen molar-refractivity contribution < 1.29 is 75.9 Å². The second kappa shape index (κ2) is 16.1. The molecule has 0 rings (SSSR count). The minimum atomic E-state index is 0. The molecular weight excluding hydrogens is 601 g/mol. The summed E-state index contributed by atoms with van der Waals surface area (Å²) in [6.45, 7) is 4.11. The molecule has 0 unspecified atom stereocenters. The molecule has 0 aliphatic rings. The third-order valence-corrected chi connectivity index (χ3v) is 0.994. The van der Waals surface area contributed by atoms with Crippen LogP contribution in [0.3, 0.4) is 0 Å². The van der Waals surface area contributed by atoms with Gasteiger partial charge in [-0.1, -0.05) is 13.8 Å². The summed E-state index contributed by atoms with van der Waals surface area (Å²) in [7, 11) is 1.61. The molecule has 0 amide bonds. The number of amidine groups is 1. The molecule has 0 aliphatic heterocycles. The van der Waals surface area contributed by atoms with Crippen molar-refractivity contribution in [1.29, 1.82) is 0 Å². The van der Waals surface area contributed by atoms with Gasteiger partial charge >= 0.3 is 0 Å². The summed E-state index contributed by atoms with van der Waals surface area (Å²) >= 11 is 0. The second-order valence-corrected chi connectivity index (χ2v) is 2.32. The van der Waals surface area contributed by atoms with Crippen molar-refractivity contribution in [3.8, 4) is 0 Å². The summed E-state index contributed by atoms with van der Waals surface area (Å²) in [5, 5.41) is 8.41. The zero-order valence-electron chi connectivity index (χ0n) is 7.98. The maximum atomic E-state index is 8.41. The van der Waals surface area contributed by atoms with E-state index in [-0.39, 0.29) is 70.7 Å². The first-order valence-corrected chi connectivity index (χ1v) is 3.25. The van der Waals surface area contributed by atoms with Crippen LogP contribution in [-0.2, 0) is 39.6 Å². The normalized spacial score (nSPS) is 9.15. The Kier molecular flexibility index (Phi) is 29.7. The molecule has 3 nitrogen and oxygen atoms in total. The molecule has 0 atom stereocenters. The zero-order chi connectivity index (χ0) is 7.98. The molecule has 0 aromatic rings. The molecular formula is C7H14N2OUVW-2. The van der Waals surface area contributed by atoms with Crippen LogP contribution >= 0.6 is 0 Å². The van der Waals surface area contributed by atoms with E-state index in [0.717, 1.165) is 0 Å². The van der Waals surface area contributed by atoms with Crippen molar-refractivity contribution in [2.45, 2.75) is 13.8 Å². The quantitative estimate of drug-likeness (QED) is 0.216. The number of nitrogens with one attached hydrogen (secondary N) is 1. The van der Waals surface area contributed by atoms with Crippen LogP contribution in [0.2, 0.25) is 0 Å². The van der Waals surface area contributed by atoms with Crippen molar-refractivity contribution >= 4 is 5.84 Å². The second-order valence-electron chi connectivity index (χ2n) is 2.32. The van der Waals surface area contributed by atoms with E-state index in [1.165, 1.54) is 0 Å². The number of aliphatic imine (C=N–C) groups is 1. The van der Waals surface area contributed by atoms with E-state index in [1.807, 2.05) is 11.9 Å². The molecule has 75 valence electrons. The van der Waals surface area contributed by atoms with Crippen LogP contribution in [0.15, 0.2) is 4.99 Å². The Morgan fingerprint density at radius 3 is 2.15 bits per heavy atom. The van der Waals surface area contributed by atoms with Crippen molar-refractivity contribution in [3.63, 3.8) is 0 Å². The molecule has 0 saturated carbocycles. The molecule has 2 N–H and O–H groups in total. The van der Waals surface area contributed by atoms with Gasteiger partial charge in [-0.15, -0.1) is 0 Å². The molecule has 0 bridgehead atoms. The smallest absolute Gasteiger partial charge is 0.0266 e. The first-order valence-electron chi connectivity index (χ1n) is 3.25. The topological polar surface area (TPSA) is 44.6 Å². The van der Waals surface area contributed by atoms with E-state index in [0.29, 0.717) is 11.8 Å². The molecule has 0 heterocycles. The van der Waals surface area contributed by atoms with Crippen molar-refractivity contribution in [3.05, 3.63) is 12.8 Å². The van der Waals surface area contributed by atoms with Crippen LogP contribution in [0.5, 0.6) is 0 Å². The summed E-state index contributed by atoms with van der Waals surface area (Å²) in [5.41, 5.74) is 1.97. The van der Waals surface area contributed by atoms with E-state index in [1.54, 1.807) is 13.5 Å². The summed E-state index contributed by atoms with van der Waals surface area (Å²) < 4.78 is 0. The molecule has 0 aliphatic carbocycles. The maximum Gasteiger partial charge on any atom is 0.0266 e. The first kappa shape index (κ1) is 24.0. The minimum absolute atomic E-state index is 0. The third kappa shape index (κ3) is 16.3. The van der Waals surface area contributed by atoms with Crippen LogP contribution in [0.1, 0.15) is 13.8 Å². The van der Waals surface area contributed by atoms with Crippen LogP contribution in [0.25, 0.3) is 0 Å². The van der Waals surface area contributed by atoms with Gasteiger partial charge in [-0.25, -0.2) is 0 Å². The molecule has 0 aromatic carbocycles. The van der Waals surface area contributed by atoms with Crippen LogP contribution < -0.4 is 5.48 Å². The Balaban J connectivity index is -0.000000135. The van der Waals surface area contributed by atoms with E-state index >= 15 is 0 Å². The molecule has 0 spiro atoms. The number of hydrogen-bond donors (Lipinski definition) is 2. The van der Waals surface area contributed by atoms with Gasteiger partial charge in [0.15, 0.2) is 0 Å². The monoisotopic (exact) mass is 615 g/mol. The van der Waals surface area contributed by atoms with E-state index < -0.39 is 0 Å². The van der Waals surface area contributed by atoms with Gasteiger partial charge < -0.3 is 17.8 Å². The number of nitrogens with zero attached hydrogens (tertiary/aromatic N) is 1. The molecule has 0 fully saturated rings. The van der Waals surface area contributed by atoms with E-state index in [2.05, 4.69) is 18.8 Å². The molecule has 6 heteroatoms. The molecule has 1 radical (unpaired) electrons. The van der Waals surface area contributed by atoms with Gasteiger partial charge in [0.2, 0.25) is 0 Å². The van der Waals surface area contributed by atoms with Crippen molar-refractivity contribution in [2.24, 2.45) is 10.9 Å². The van der Waals surface area contributed by atoms with Gasteiger partial charge in [-0.3, -0.25) is 10.7 Å². The van der Waals surface area contributed by atoms with Gasteiger partial charge in [0, 0.05) is 77.8 Å². The van der Waals surface area contributed by atoms with Crippen LogP contribution in [0, 0.1) is 49.9 Å². The largest absolute Gasteiger partial charge is 0.484 e. The summed E-state index contributed by atoms with van der Waals surface area (Å²) in [5.74, 6) is 0.957. The Bertz CT molecular complexity index is 125. The van der Waals surface area contributed by atoms with Gasteiger partial charge in [0.1, 0.15) is 0 Å². The first-order chi connectivity index (χ1) is 4.70. The molecule has 0 aromatic heterocycles. The summed E-state index contributed by atoms with van der Waals surface area (Å²) in [4.78, 5) is 3.75. The van der Waals surface area contributed by atoms with E-state index in [4.69, 9.17) is 5.21 Å². The fourth-order valence-corrected chi connectivity index (χ4v) is 0.445. The SMILES string of the molecule is CN=C([CH-][CH-]C(C)C)NO.[U].[V].[W]. The fourth-order valence-electron chi connectivity index (χ4n) is 0.445. The van der Waals surface area contributed by atoms with Gasteiger partial charge in [-0.2, -0.15) is 5.92 Å². The van der Waals surface area contributed by atoms with Gasteiger partial charge in [-0.05, 0) is 5.84 Å². The van der Waals surface area contributed by atoms with Crippen molar-refractivity contribution in [2.75, 3.05) is 7.05 Å². The van der Waals surface area contributed by atoms with Crippen LogP contribution in [0.4, 0.5) is 0 Å². The van der Waals surface area contributed by atoms with E-state index in [9.17, 15) is 0 Å². The number of rotatable bonds is 3. The number of hydrogen-bond acceptors (Lipinski definition) is 2. The Morgan fingerprint density at radius 2 is 1.92 bits per heavy atom. The van der Waals surface area contributed by atoms with Crippen molar-refractivity contribution in [1.82, 2.24) is 5.48 Å². The number of hydroxylamine groups is 1. The Labute approximate surface area is 130 Å². The standard InChI is InChI=1S/C7H14N2O.U.V.W/c1-6(2)4-5-7(8-3)9-10;;;/h4-6,10H,1-3H3,(H,8,9);;;/q-2;;;. The summed E-state index contributed by atoms with van der Waals surface area (Å²) in [6, 6.07) is 0. The summed E-state index contributed by atoms with van der Waals surface area (Å²) in [6.07, 6.45) is 3.69. The molecule has 0 saturated heterocycles. The van der Waals surface area contributed by atoms with Gasteiger partial charge in [0.05, 0.1) is 0 Å². The average Bonchev–Trinajstić information content (AvgIpc) is 1.90. The zero-order valence-corrected chi connectivity index (χ0v) is 16.5. The van der Waals surface area contributed by atoms with Crippen LogP contribution in [-0.4, -0.2) is 18.1 Å².